The van der Waals surface area contributed by atoms with E-state index in [-0.39, 0.29) is 6.10 Å². The molecule has 0 saturated carbocycles. The van der Waals surface area contributed by atoms with E-state index in [9.17, 15) is 0 Å². The van der Waals surface area contributed by atoms with Crippen molar-refractivity contribution < 1.29 is 14.2 Å². The molecule has 0 aliphatic carbocycles. The van der Waals surface area contributed by atoms with Gasteiger partial charge in [0.15, 0.2) is 11.5 Å². The van der Waals surface area contributed by atoms with Crippen LogP contribution in [0.25, 0.3) is 0 Å². The van der Waals surface area contributed by atoms with Crippen LogP contribution in [-0.4, -0.2) is 31.3 Å². The lowest BCUT2D eigenvalue weighted by atomic mass is 10.2. The van der Waals surface area contributed by atoms with E-state index in [0.717, 1.165) is 18.5 Å². The van der Waals surface area contributed by atoms with Crippen molar-refractivity contribution in [3.8, 4) is 17.4 Å². The van der Waals surface area contributed by atoms with Crippen LogP contribution in [0.4, 0.5) is 0 Å². The Morgan fingerprint density at radius 2 is 2.08 bits per heavy atom. The van der Waals surface area contributed by atoms with Gasteiger partial charge in [0.2, 0.25) is 5.88 Å². The first-order valence-corrected chi connectivity index (χ1v) is 8.75. The van der Waals surface area contributed by atoms with Crippen molar-refractivity contribution >= 4 is 11.6 Å². The maximum Gasteiger partial charge on any atom is 0.213 e. The zero-order valence-corrected chi connectivity index (χ0v) is 15.7. The highest BCUT2D eigenvalue weighted by atomic mass is 35.5. The Hall–Kier alpha value is -1.98. The van der Waals surface area contributed by atoms with Crippen molar-refractivity contribution in [2.45, 2.75) is 32.9 Å². The highest BCUT2D eigenvalue weighted by Gasteiger charge is 2.13. The first-order valence-electron chi connectivity index (χ1n) is 8.37. The SMILES string of the molecule is COc1cc(CNCCCOc2ccccn2)cc(Cl)c1OC(C)C. The van der Waals surface area contributed by atoms with Crippen LogP contribution in [0.3, 0.4) is 0 Å². The third-order valence-electron chi connectivity index (χ3n) is 3.36. The van der Waals surface area contributed by atoms with Crippen molar-refractivity contribution in [1.82, 2.24) is 10.3 Å². The molecule has 0 fully saturated rings. The fourth-order valence-corrected chi connectivity index (χ4v) is 2.54. The molecule has 0 radical (unpaired) electrons. The van der Waals surface area contributed by atoms with E-state index in [1.165, 1.54) is 0 Å². The van der Waals surface area contributed by atoms with Gasteiger partial charge in [-0.1, -0.05) is 17.7 Å². The number of ether oxygens (including phenoxy) is 3. The summed E-state index contributed by atoms with van der Waals surface area (Å²) in [6.45, 7) is 6.06. The molecular weight excluding hydrogens is 340 g/mol. The van der Waals surface area contributed by atoms with Crippen LogP contribution in [0, 0.1) is 0 Å². The van der Waals surface area contributed by atoms with E-state index < -0.39 is 0 Å². The Morgan fingerprint density at radius 3 is 2.76 bits per heavy atom. The maximum atomic E-state index is 6.33. The summed E-state index contributed by atoms with van der Waals surface area (Å²) >= 11 is 6.33. The van der Waals surface area contributed by atoms with Crippen molar-refractivity contribution in [3.63, 3.8) is 0 Å². The Kier molecular flexibility index (Phi) is 7.82. The van der Waals surface area contributed by atoms with E-state index in [2.05, 4.69) is 10.3 Å². The van der Waals surface area contributed by atoms with Gasteiger partial charge < -0.3 is 19.5 Å². The summed E-state index contributed by atoms with van der Waals surface area (Å²) in [5.41, 5.74) is 1.05. The van der Waals surface area contributed by atoms with Gasteiger partial charge in [-0.05, 0) is 50.6 Å². The minimum Gasteiger partial charge on any atom is -0.493 e. The summed E-state index contributed by atoms with van der Waals surface area (Å²) in [7, 11) is 1.62. The molecule has 5 nitrogen and oxygen atoms in total. The monoisotopic (exact) mass is 364 g/mol. The molecule has 6 heteroatoms. The van der Waals surface area contributed by atoms with Gasteiger partial charge in [-0.25, -0.2) is 4.98 Å². The number of hydrogen-bond donors (Lipinski definition) is 1. The number of pyridine rings is 1. The number of nitrogens with zero attached hydrogens (tertiary/aromatic N) is 1. The molecule has 0 spiro atoms. The second-order valence-electron chi connectivity index (χ2n) is 5.82. The third-order valence-corrected chi connectivity index (χ3v) is 3.64. The second kappa shape index (κ2) is 10.1. The minimum absolute atomic E-state index is 0.0366. The van der Waals surface area contributed by atoms with Crippen molar-refractivity contribution in [1.29, 1.82) is 0 Å². The summed E-state index contributed by atoms with van der Waals surface area (Å²) in [5.74, 6) is 1.89. The first-order chi connectivity index (χ1) is 12.1. The molecule has 0 aliphatic rings. The van der Waals surface area contributed by atoms with Crippen LogP contribution in [0.1, 0.15) is 25.8 Å². The molecule has 0 unspecified atom stereocenters. The summed E-state index contributed by atoms with van der Waals surface area (Å²) in [6, 6.07) is 9.47. The van der Waals surface area contributed by atoms with Crippen LogP contribution >= 0.6 is 11.6 Å². The van der Waals surface area contributed by atoms with E-state index >= 15 is 0 Å². The largest absolute Gasteiger partial charge is 0.493 e. The summed E-state index contributed by atoms with van der Waals surface area (Å²) in [6.07, 6.45) is 2.64. The zero-order valence-electron chi connectivity index (χ0n) is 14.9. The van der Waals surface area contributed by atoms with Gasteiger partial charge in [-0.2, -0.15) is 0 Å². The molecule has 1 aromatic heterocycles. The number of benzene rings is 1. The maximum absolute atomic E-state index is 6.33. The predicted molar refractivity (Wildman–Crippen MR) is 99.8 cm³/mol. The summed E-state index contributed by atoms with van der Waals surface area (Å²) < 4.78 is 16.7. The number of hydrogen-bond acceptors (Lipinski definition) is 5. The predicted octanol–water partition coefficient (Wildman–Crippen LogP) is 4.09. The third kappa shape index (κ3) is 6.44. The molecule has 1 heterocycles. The van der Waals surface area contributed by atoms with Crippen LogP contribution < -0.4 is 19.5 Å². The molecule has 0 saturated heterocycles. The smallest absolute Gasteiger partial charge is 0.213 e. The van der Waals surface area contributed by atoms with E-state index in [4.69, 9.17) is 25.8 Å². The second-order valence-corrected chi connectivity index (χ2v) is 6.23. The molecule has 2 aromatic rings. The quantitative estimate of drug-likeness (QED) is 0.643. The number of nitrogens with one attached hydrogen (secondary N) is 1. The Balaban J connectivity index is 1.77. The fourth-order valence-electron chi connectivity index (χ4n) is 2.26. The van der Waals surface area contributed by atoms with Gasteiger partial charge in [0, 0.05) is 18.8 Å². The number of halogens is 1. The average molecular weight is 365 g/mol. The molecule has 25 heavy (non-hydrogen) atoms. The lowest BCUT2D eigenvalue weighted by molar-refractivity contribution is 0.230. The van der Waals surface area contributed by atoms with Gasteiger partial charge >= 0.3 is 0 Å². The van der Waals surface area contributed by atoms with E-state index in [0.29, 0.717) is 35.6 Å². The molecule has 2 rings (SSSR count). The van der Waals surface area contributed by atoms with E-state index in [1.807, 2.05) is 44.2 Å². The molecule has 1 aromatic carbocycles. The fraction of sp³-hybridized carbons (Fsp3) is 0.421. The van der Waals surface area contributed by atoms with Gasteiger partial charge in [0.05, 0.1) is 24.8 Å². The zero-order chi connectivity index (χ0) is 18.1. The number of aromatic nitrogens is 1. The van der Waals surface area contributed by atoms with Gasteiger partial charge in [0.1, 0.15) is 0 Å². The van der Waals surface area contributed by atoms with Gasteiger partial charge in [-0.15, -0.1) is 0 Å². The van der Waals surface area contributed by atoms with Crippen molar-refractivity contribution in [3.05, 3.63) is 47.1 Å². The molecule has 0 amide bonds. The van der Waals surface area contributed by atoms with E-state index in [1.54, 1.807) is 13.3 Å². The van der Waals surface area contributed by atoms with Crippen molar-refractivity contribution in [2.75, 3.05) is 20.3 Å². The van der Waals surface area contributed by atoms with Crippen LogP contribution in [0.15, 0.2) is 36.5 Å². The molecule has 1 N–H and O–H groups in total. The van der Waals surface area contributed by atoms with Crippen LogP contribution in [-0.2, 0) is 6.54 Å². The molecule has 136 valence electrons. The van der Waals surface area contributed by atoms with Crippen molar-refractivity contribution in [2.24, 2.45) is 0 Å². The molecular formula is C19H25ClN2O3. The Morgan fingerprint density at radius 1 is 1.24 bits per heavy atom. The van der Waals surface area contributed by atoms with Gasteiger partial charge in [0.25, 0.3) is 0 Å². The number of rotatable bonds is 10. The normalized spacial score (nSPS) is 10.8. The highest BCUT2D eigenvalue weighted by molar-refractivity contribution is 6.32. The molecule has 0 aliphatic heterocycles. The minimum atomic E-state index is 0.0366. The lowest BCUT2D eigenvalue weighted by Gasteiger charge is -2.16. The highest BCUT2D eigenvalue weighted by Crippen LogP contribution is 2.37. The summed E-state index contributed by atoms with van der Waals surface area (Å²) in [5, 5.41) is 3.93. The first kappa shape index (κ1) is 19.3. The van der Waals surface area contributed by atoms with Crippen LogP contribution in [0.2, 0.25) is 5.02 Å². The average Bonchev–Trinajstić information content (AvgIpc) is 2.60. The Labute approximate surface area is 154 Å². The Bertz CT molecular complexity index is 651. The van der Waals surface area contributed by atoms with Gasteiger partial charge in [-0.3, -0.25) is 0 Å². The topological polar surface area (TPSA) is 52.6 Å². The lowest BCUT2D eigenvalue weighted by Crippen LogP contribution is -2.17. The van der Waals surface area contributed by atoms with Crippen LogP contribution in [0.5, 0.6) is 17.4 Å². The standard InChI is InChI=1S/C19H25ClN2O3/c1-14(2)25-19-16(20)11-15(12-17(19)23-3)13-21-8-6-10-24-18-7-4-5-9-22-18/h4-5,7,9,11-12,14,21H,6,8,10,13H2,1-3H3. The molecule has 0 atom stereocenters. The molecule has 0 bridgehead atoms. The summed E-state index contributed by atoms with van der Waals surface area (Å²) in [4.78, 5) is 4.12. The number of methoxy groups -OCH3 is 1.